The monoisotopic (exact) mass is 323 g/mol. The van der Waals surface area contributed by atoms with E-state index < -0.39 is 5.91 Å². The number of benzene rings is 1. The molecule has 1 aromatic carbocycles. The van der Waals surface area contributed by atoms with Gasteiger partial charge in [0.25, 0.3) is 0 Å². The van der Waals surface area contributed by atoms with E-state index in [4.69, 9.17) is 5.73 Å². The lowest BCUT2D eigenvalue weighted by Crippen LogP contribution is -2.10. The zero-order chi connectivity index (χ0) is 17.4. The van der Waals surface area contributed by atoms with Gasteiger partial charge >= 0.3 is 0 Å². The number of aromatic nitrogens is 4. The van der Waals surface area contributed by atoms with Gasteiger partial charge in [-0.2, -0.15) is 5.10 Å². The molecule has 0 bridgehead atoms. The van der Waals surface area contributed by atoms with Gasteiger partial charge in [-0.15, -0.1) is 0 Å². The minimum Gasteiger partial charge on any atom is -0.366 e. The molecule has 0 radical (unpaired) electrons. The van der Waals surface area contributed by atoms with Crippen LogP contribution in [-0.4, -0.2) is 25.2 Å². The number of aryl methyl sites for hydroxylation is 1. The van der Waals surface area contributed by atoms with Crippen LogP contribution in [0.25, 0.3) is 17.1 Å². The van der Waals surface area contributed by atoms with Crippen LogP contribution in [0.15, 0.2) is 36.7 Å². The number of nitrogens with two attached hydrogens (primary N) is 1. The molecule has 124 valence electrons. The van der Waals surface area contributed by atoms with Crippen molar-refractivity contribution in [3.05, 3.63) is 53.6 Å². The Hall–Kier alpha value is -2.89. The van der Waals surface area contributed by atoms with Crippen LogP contribution in [0, 0.1) is 13.8 Å². The molecule has 3 aromatic rings. The molecule has 0 atom stereocenters. The number of rotatable bonds is 4. The van der Waals surface area contributed by atoms with E-state index in [0.29, 0.717) is 11.6 Å². The largest absolute Gasteiger partial charge is 0.366 e. The van der Waals surface area contributed by atoms with E-state index >= 15 is 0 Å². The second-order valence-corrected chi connectivity index (χ2v) is 6.12. The first-order valence-corrected chi connectivity index (χ1v) is 7.89. The molecule has 24 heavy (non-hydrogen) atoms. The van der Waals surface area contributed by atoms with Crippen molar-refractivity contribution in [3.8, 4) is 17.1 Å². The Kier molecular flexibility index (Phi) is 3.97. The number of carbonyl (C=O) groups excluding carboxylic acids is 1. The van der Waals surface area contributed by atoms with Gasteiger partial charge in [0, 0.05) is 29.6 Å². The number of primary amides is 1. The number of hydrogen-bond acceptors (Lipinski definition) is 3. The Morgan fingerprint density at radius 3 is 2.38 bits per heavy atom. The molecule has 3 rings (SSSR count). The Bertz CT molecular complexity index is 887. The summed E-state index contributed by atoms with van der Waals surface area (Å²) in [7, 11) is 0. The predicted molar refractivity (Wildman–Crippen MR) is 93.2 cm³/mol. The lowest BCUT2D eigenvalue weighted by molar-refractivity contribution is 0.100. The fraction of sp³-hybridized carbons (Fsp3) is 0.278. The molecular formula is C18H21N5O. The van der Waals surface area contributed by atoms with Gasteiger partial charge in [0.05, 0.1) is 17.1 Å². The second kappa shape index (κ2) is 5.96. The second-order valence-electron chi connectivity index (χ2n) is 6.12. The number of imidazole rings is 1. The van der Waals surface area contributed by atoms with Crippen LogP contribution in [0.4, 0.5) is 0 Å². The number of hydrogen-bond donors (Lipinski definition) is 1. The molecule has 0 spiro atoms. The van der Waals surface area contributed by atoms with Crippen LogP contribution in [-0.2, 0) is 0 Å². The summed E-state index contributed by atoms with van der Waals surface area (Å²) in [6.07, 6.45) is 3.70. The third-order valence-electron chi connectivity index (χ3n) is 4.09. The first-order valence-electron chi connectivity index (χ1n) is 7.89. The van der Waals surface area contributed by atoms with Crippen LogP contribution in [0.5, 0.6) is 0 Å². The van der Waals surface area contributed by atoms with E-state index in [-0.39, 0.29) is 0 Å². The quantitative estimate of drug-likeness (QED) is 0.801. The van der Waals surface area contributed by atoms with E-state index in [9.17, 15) is 4.79 Å². The summed E-state index contributed by atoms with van der Waals surface area (Å²) in [5.74, 6) is 0.371. The highest BCUT2D eigenvalue weighted by Crippen LogP contribution is 2.27. The maximum atomic E-state index is 11.2. The van der Waals surface area contributed by atoms with Gasteiger partial charge in [-0.25, -0.2) is 4.98 Å². The molecule has 0 aliphatic carbocycles. The summed E-state index contributed by atoms with van der Waals surface area (Å²) in [6.45, 7) is 8.29. The van der Waals surface area contributed by atoms with Crippen LogP contribution in [0.3, 0.4) is 0 Å². The normalized spacial score (nSPS) is 11.2. The number of carbonyl (C=O) groups is 1. The topological polar surface area (TPSA) is 78.7 Å². The fourth-order valence-electron chi connectivity index (χ4n) is 2.99. The van der Waals surface area contributed by atoms with E-state index in [0.717, 1.165) is 28.5 Å². The molecule has 2 heterocycles. The standard InChI is InChI=1S/C18H21N5O/c1-11(2)23-13(4)16(12(3)21-23)22-10-9-20-18(22)15-7-5-14(6-8-15)17(19)24/h5-11H,1-4H3,(H2,19,24). The van der Waals surface area contributed by atoms with Gasteiger partial charge in [-0.05, 0) is 39.8 Å². The van der Waals surface area contributed by atoms with Crippen LogP contribution in [0.1, 0.15) is 41.6 Å². The maximum Gasteiger partial charge on any atom is 0.248 e. The lowest BCUT2D eigenvalue weighted by atomic mass is 10.1. The van der Waals surface area contributed by atoms with Crippen LogP contribution in [0.2, 0.25) is 0 Å². The highest BCUT2D eigenvalue weighted by atomic mass is 16.1. The van der Waals surface area contributed by atoms with Crippen LogP contribution < -0.4 is 5.73 Å². The SMILES string of the molecule is Cc1nn(C(C)C)c(C)c1-n1ccnc1-c1ccc(C(N)=O)cc1. The number of amides is 1. The Labute approximate surface area is 140 Å². The summed E-state index contributed by atoms with van der Waals surface area (Å²) in [4.78, 5) is 15.7. The average Bonchev–Trinajstić information content (AvgIpc) is 3.11. The highest BCUT2D eigenvalue weighted by Gasteiger charge is 2.18. The third kappa shape index (κ3) is 2.60. The summed E-state index contributed by atoms with van der Waals surface area (Å²) >= 11 is 0. The number of nitrogens with zero attached hydrogens (tertiary/aromatic N) is 4. The van der Waals surface area contributed by atoms with E-state index in [1.165, 1.54) is 0 Å². The molecule has 0 fully saturated rings. The van der Waals surface area contributed by atoms with Gasteiger partial charge in [0.2, 0.25) is 5.91 Å². The first-order chi connectivity index (χ1) is 11.4. The van der Waals surface area contributed by atoms with Gasteiger partial charge in [-0.3, -0.25) is 14.0 Å². The summed E-state index contributed by atoms with van der Waals surface area (Å²) in [5, 5.41) is 4.64. The predicted octanol–water partition coefficient (Wildman–Crippen LogP) is 3.03. The van der Waals surface area contributed by atoms with Crippen LogP contribution >= 0.6 is 0 Å². The molecule has 0 aliphatic rings. The van der Waals surface area contributed by atoms with Crippen molar-refractivity contribution in [3.63, 3.8) is 0 Å². The average molecular weight is 323 g/mol. The minimum atomic E-state index is -0.435. The van der Waals surface area contributed by atoms with Gasteiger partial charge < -0.3 is 5.73 Å². The van der Waals surface area contributed by atoms with Gasteiger partial charge in [-0.1, -0.05) is 12.1 Å². The maximum absolute atomic E-state index is 11.2. The molecule has 0 aliphatic heterocycles. The fourth-order valence-corrected chi connectivity index (χ4v) is 2.99. The summed E-state index contributed by atoms with van der Waals surface area (Å²) in [5.41, 5.74) is 9.79. The molecule has 6 heteroatoms. The molecule has 6 nitrogen and oxygen atoms in total. The Balaban J connectivity index is 2.10. The smallest absolute Gasteiger partial charge is 0.248 e. The van der Waals surface area contributed by atoms with Gasteiger partial charge in [0.1, 0.15) is 5.82 Å². The van der Waals surface area contributed by atoms with E-state index in [1.807, 2.05) is 34.5 Å². The molecule has 2 N–H and O–H groups in total. The molecule has 1 amide bonds. The Morgan fingerprint density at radius 1 is 1.17 bits per heavy atom. The molecule has 2 aromatic heterocycles. The first kappa shape index (κ1) is 16.0. The molecule has 0 unspecified atom stereocenters. The van der Waals surface area contributed by atoms with Crippen molar-refractivity contribution in [1.29, 1.82) is 0 Å². The van der Waals surface area contributed by atoms with Gasteiger partial charge in [0.15, 0.2) is 0 Å². The van der Waals surface area contributed by atoms with Crippen molar-refractivity contribution in [1.82, 2.24) is 19.3 Å². The van der Waals surface area contributed by atoms with Crippen molar-refractivity contribution in [2.75, 3.05) is 0 Å². The van der Waals surface area contributed by atoms with Crippen molar-refractivity contribution in [2.45, 2.75) is 33.7 Å². The van der Waals surface area contributed by atoms with E-state index in [2.05, 4.69) is 30.9 Å². The summed E-state index contributed by atoms with van der Waals surface area (Å²) < 4.78 is 4.06. The summed E-state index contributed by atoms with van der Waals surface area (Å²) in [6, 6.07) is 7.44. The third-order valence-corrected chi connectivity index (χ3v) is 4.09. The molecule has 0 saturated carbocycles. The van der Waals surface area contributed by atoms with Crippen molar-refractivity contribution in [2.24, 2.45) is 5.73 Å². The zero-order valence-corrected chi connectivity index (χ0v) is 14.3. The zero-order valence-electron chi connectivity index (χ0n) is 14.3. The van der Waals surface area contributed by atoms with E-state index in [1.54, 1.807) is 18.3 Å². The van der Waals surface area contributed by atoms with Crippen molar-refractivity contribution < 1.29 is 4.79 Å². The minimum absolute atomic E-state index is 0.291. The Morgan fingerprint density at radius 2 is 1.83 bits per heavy atom. The van der Waals surface area contributed by atoms with Crippen molar-refractivity contribution >= 4 is 5.91 Å². The highest BCUT2D eigenvalue weighted by molar-refractivity contribution is 5.93. The molecular weight excluding hydrogens is 302 g/mol. The lowest BCUT2D eigenvalue weighted by Gasteiger charge is -2.11. The molecule has 0 saturated heterocycles.